The van der Waals surface area contributed by atoms with Crippen LogP contribution in [0.4, 0.5) is 0 Å². The summed E-state index contributed by atoms with van der Waals surface area (Å²) in [6.45, 7) is 4.97. The third-order valence-electron chi connectivity index (χ3n) is 5.52. The Bertz CT molecular complexity index is 436. The number of likely N-dealkylation sites (tertiary alicyclic amines) is 1. The van der Waals surface area contributed by atoms with E-state index in [1.165, 1.54) is 12.8 Å². The van der Waals surface area contributed by atoms with Crippen molar-refractivity contribution in [3.63, 3.8) is 0 Å². The Kier molecular flexibility index (Phi) is 5.87. The third kappa shape index (κ3) is 4.23. The Morgan fingerprint density at radius 2 is 1.87 bits per heavy atom. The minimum absolute atomic E-state index is 0.0874. The standard InChI is InChI=1S/C17H28N4O2/c18-12-16-2-1-7-21(16)17(22)13-19-14-3-5-15(6-4-14)20-8-10-23-11-9-20/h14-16,19H,1-11,13H2/t14-,15-,16-/m0/s1. The molecule has 3 rings (SSSR count). The van der Waals surface area contributed by atoms with Crippen LogP contribution in [0, 0.1) is 11.3 Å². The van der Waals surface area contributed by atoms with Crippen LogP contribution in [-0.4, -0.2) is 73.2 Å². The van der Waals surface area contributed by atoms with Crippen molar-refractivity contribution in [2.24, 2.45) is 0 Å². The van der Waals surface area contributed by atoms with Crippen LogP contribution in [0.2, 0.25) is 0 Å². The first-order chi connectivity index (χ1) is 11.3. The second-order valence-electron chi connectivity index (χ2n) is 6.91. The molecule has 1 N–H and O–H groups in total. The Hall–Kier alpha value is -1.16. The summed E-state index contributed by atoms with van der Waals surface area (Å²) in [4.78, 5) is 16.6. The number of nitriles is 1. The lowest BCUT2D eigenvalue weighted by atomic mass is 9.90. The molecule has 1 aliphatic carbocycles. The fourth-order valence-corrected chi connectivity index (χ4v) is 4.12. The highest BCUT2D eigenvalue weighted by molar-refractivity contribution is 5.79. The minimum Gasteiger partial charge on any atom is -0.379 e. The molecule has 3 aliphatic rings. The number of rotatable bonds is 4. The summed E-state index contributed by atoms with van der Waals surface area (Å²) in [5, 5.41) is 12.5. The number of morpholine rings is 1. The lowest BCUT2D eigenvalue weighted by Crippen LogP contribution is -2.48. The van der Waals surface area contributed by atoms with Gasteiger partial charge in [0.05, 0.1) is 25.8 Å². The number of nitrogens with one attached hydrogen (secondary N) is 1. The molecular weight excluding hydrogens is 292 g/mol. The van der Waals surface area contributed by atoms with Crippen LogP contribution in [0.25, 0.3) is 0 Å². The van der Waals surface area contributed by atoms with E-state index in [4.69, 9.17) is 10.00 Å². The topological polar surface area (TPSA) is 68.6 Å². The Labute approximate surface area is 138 Å². The predicted molar refractivity (Wildman–Crippen MR) is 86.8 cm³/mol. The zero-order valence-electron chi connectivity index (χ0n) is 13.9. The molecule has 0 unspecified atom stereocenters. The van der Waals surface area contributed by atoms with Gasteiger partial charge in [-0.3, -0.25) is 9.69 Å². The summed E-state index contributed by atoms with van der Waals surface area (Å²) in [6.07, 6.45) is 6.46. The average molecular weight is 320 g/mol. The van der Waals surface area contributed by atoms with E-state index < -0.39 is 0 Å². The lowest BCUT2D eigenvalue weighted by Gasteiger charge is -2.39. The molecule has 0 bridgehead atoms. The van der Waals surface area contributed by atoms with E-state index in [0.29, 0.717) is 18.6 Å². The predicted octanol–water partition coefficient (Wildman–Crippen LogP) is 0.734. The van der Waals surface area contributed by atoms with Crippen LogP contribution in [0.3, 0.4) is 0 Å². The largest absolute Gasteiger partial charge is 0.379 e. The zero-order chi connectivity index (χ0) is 16.1. The average Bonchev–Trinajstić information content (AvgIpc) is 3.10. The summed E-state index contributed by atoms with van der Waals surface area (Å²) in [7, 11) is 0. The van der Waals surface area contributed by atoms with Crippen LogP contribution in [0.15, 0.2) is 0 Å². The molecule has 0 spiro atoms. The van der Waals surface area contributed by atoms with Gasteiger partial charge in [0, 0.05) is 31.7 Å². The summed E-state index contributed by atoms with van der Waals surface area (Å²) < 4.78 is 5.42. The van der Waals surface area contributed by atoms with Crippen molar-refractivity contribution in [1.82, 2.24) is 15.1 Å². The van der Waals surface area contributed by atoms with E-state index in [1.54, 1.807) is 4.90 Å². The number of hydrogen-bond acceptors (Lipinski definition) is 5. The Morgan fingerprint density at radius 1 is 1.13 bits per heavy atom. The third-order valence-corrected chi connectivity index (χ3v) is 5.52. The van der Waals surface area contributed by atoms with E-state index >= 15 is 0 Å². The van der Waals surface area contributed by atoms with Gasteiger partial charge in [0.2, 0.25) is 5.91 Å². The molecule has 1 saturated carbocycles. The summed E-state index contributed by atoms with van der Waals surface area (Å²) in [5.74, 6) is 0.0874. The zero-order valence-corrected chi connectivity index (χ0v) is 13.9. The van der Waals surface area contributed by atoms with Crippen molar-refractivity contribution >= 4 is 5.91 Å². The van der Waals surface area contributed by atoms with Crippen LogP contribution >= 0.6 is 0 Å². The molecule has 128 valence electrons. The second-order valence-corrected chi connectivity index (χ2v) is 6.91. The number of ether oxygens (including phenoxy) is 1. The van der Waals surface area contributed by atoms with Crippen molar-refractivity contribution in [1.29, 1.82) is 5.26 Å². The highest BCUT2D eigenvalue weighted by atomic mass is 16.5. The monoisotopic (exact) mass is 320 g/mol. The molecule has 23 heavy (non-hydrogen) atoms. The van der Waals surface area contributed by atoms with Crippen molar-refractivity contribution in [2.75, 3.05) is 39.4 Å². The van der Waals surface area contributed by atoms with Crippen molar-refractivity contribution in [3.05, 3.63) is 0 Å². The molecule has 0 aromatic heterocycles. The first kappa shape index (κ1) is 16.7. The second kappa shape index (κ2) is 8.09. The van der Waals surface area contributed by atoms with Gasteiger partial charge >= 0.3 is 0 Å². The van der Waals surface area contributed by atoms with E-state index in [-0.39, 0.29) is 11.9 Å². The first-order valence-corrected chi connectivity index (χ1v) is 9.02. The molecule has 0 aromatic carbocycles. The molecule has 1 amide bonds. The summed E-state index contributed by atoms with van der Waals surface area (Å²) >= 11 is 0. The van der Waals surface area contributed by atoms with Crippen molar-refractivity contribution < 1.29 is 9.53 Å². The van der Waals surface area contributed by atoms with E-state index in [2.05, 4.69) is 16.3 Å². The van der Waals surface area contributed by atoms with Crippen LogP contribution in [0.1, 0.15) is 38.5 Å². The fourth-order valence-electron chi connectivity index (χ4n) is 4.12. The number of carbonyl (C=O) groups is 1. The maximum Gasteiger partial charge on any atom is 0.237 e. The maximum atomic E-state index is 12.3. The molecule has 2 aliphatic heterocycles. The highest BCUT2D eigenvalue weighted by Crippen LogP contribution is 2.24. The van der Waals surface area contributed by atoms with Gasteiger partial charge in [-0.25, -0.2) is 0 Å². The van der Waals surface area contributed by atoms with E-state index in [1.807, 2.05) is 0 Å². The van der Waals surface area contributed by atoms with E-state index in [9.17, 15) is 4.79 Å². The normalized spacial score (nSPS) is 32.7. The van der Waals surface area contributed by atoms with Crippen LogP contribution in [-0.2, 0) is 9.53 Å². The number of carbonyl (C=O) groups excluding carboxylic acids is 1. The molecule has 6 heteroatoms. The number of nitrogens with zero attached hydrogens (tertiary/aromatic N) is 3. The van der Waals surface area contributed by atoms with E-state index in [0.717, 1.165) is 58.5 Å². The van der Waals surface area contributed by atoms with Gasteiger partial charge in [-0.05, 0) is 38.5 Å². The van der Waals surface area contributed by atoms with Gasteiger partial charge in [-0.1, -0.05) is 0 Å². The van der Waals surface area contributed by atoms with Gasteiger partial charge in [0.1, 0.15) is 6.04 Å². The summed E-state index contributed by atoms with van der Waals surface area (Å²) in [5.41, 5.74) is 0. The SMILES string of the molecule is N#C[C@@H]1CCCN1C(=O)CN[C@H]1CC[C@H](N2CCOCC2)CC1. The maximum absolute atomic E-state index is 12.3. The molecule has 0 radical (unpaired) electrons. The van der Waals surface area contributed by atoms with Crippen molar-refractivity contribution in [2.45, 2.75) is 56.7 Å². The molecule has 1 atom stereocenters. The van der Waals surface area contributed by atoms with Gasteiger partial charge in [0.25, 0.3) is 0 Å². The molecule has 2 heterocycles. The highest BCUT2D eigenvalue weighted by Gasteiger charge is 2.30. The van der Waals surface area contributed by atoms with Crippen molar-refractivity contribution in [3.8, 4) is 6.07 Å². The first-order valence-electron chi connectivity index (χ1n) is 9.02. The number of hydrogen-bond donors (Lipinski definition) is 1. The quantitative estimate of drug-likeness (QED) is 0.827. The molecule has 6 nitrogen and oxygen atoms in total. The smallest absolute Gasteiger partial charge is 0.237 e. The minimum atomic E-state index is -0.207. The molecule has 2 saturated heterocycles. The number of amides is 1. The molecule has 0 aromatic rings. The summed E-state index contributed by atoms with van der Waals surface area (Å²) in [6, 6.07) is 3.16. The van der Waals surface area contributed by atoms with Crippen LogP contribution in [0.5, 0.6) is 0 Å². The fraction of sp³-hybridized carbons (Fsp3) is 0.882. The lowest BCUT2D eigenvalue weighted by molar-refractivity contribution is -0.130. The molecule has 3 fully saturated rings. The Balaban J connectivity index is 1.37. The van der Waals surface area contributed by atoms with Gasteiger partial charge in [-0.15, -0.1) is 0 Å². The van der Waals surface area contributed by atoms with Gasteiger partial charge in [-0.2, -0.15) is 5.26 Å². The van der Waals surface area contributed by atoms with Gasteiger partial charge in [0.15, 0.2) is 0 Å². The Morgan fingerprint density at radius 3 is 2.57 bits per heavy atom. The molecular formula is C17H28N4O2. The van der Waals surface area contributed by atoms with Crippen LogP contribution < -0.4 is 5.32 Å². The van der Waals surface area contributed by atoms with Gasteiger partial charge < -0.3 is 15.0 Å².